The molecule has 0 aliphatic heterocycles. The number of amides is 1. The smallest absolute Gasteiger partial charge is 0.226 e. The number of ketones is 1. The van der Waals surface area contributed by atoms with Crippen LogP contribution in [0.1, 0.15) is 28.4 Å². The van der Waals surface area contributed by atoms with Crippen molar-refractivity contribution in [2.75, 3.05) is 6.54 Å². The maximum atomic E-state index is 12.4. The molecule has 2 aromatic rings. The van der Waals surface area contributed by atoms with Crippen LogP contribution in [-0.2, 0) is 4.79 Å². The van der Waals surface area contributed by atoms with Crippen molar-refractivity contribution in [3.05, 3.63) is 82.2 Å². The molecular weight excluding hydrogens is 292 g/mol. The van der Waals surface area contributed by atoms with E-state index in [1.165, 1.54) is 0 Å². The Morgan fingerprint density at radius 1 is 1.04 bits per heavy atom. The minimum atomic E-state index is -0.467. The monoisotopic (exact) mass is 308 g/mol. The van der Waals surface area contributed by atoms with E-state index in [9.17, 15) is 9.59 Å². The molecular formula is C17H16N4O2. The van der Waals surface area contributed by atoms with E-state index >= 15 is 0 Å². The Balaban J connectivity index is 2.15. The number of benzene rings is 2. The Morgan fingerprint density at radius 3 is 2.26 bits per heavy atom. The van der Waals surface area contributed by atoms with E-state index in [0.29, 0.717) is 5.56 Å². The molecule has 0 bridgehead atoms. The third kappa shape index (κ3) is 4.98. The van der Waals surface area contributed by atoms with E-state index in [0.717, 1.165) is 5.56 Å². The van der Waals surface area contributed by atoms with Gasteiger partial charge < -0.3 is 5.32 Å². The van der Waals surface area contributed by atoms with Crippen molar-refractivity contribution in [1.82, 2.24) is 5.32 Å². The molecule has 0 unspecified atom stereocenters. The SMILES string of the molecule is [N-]=[N+]=NCC(=O)N[C@H](CC(=O)c1ccccc1)c1ccccc1. The highest BCUT2D eigenvalue weighted by Crippen LogP contribution is 2.19. The summed E-state index contributed by atoms with van der Waals surface area (Å²) < 4.78 is 0. The third-order valence-corrected chi connectivity index (χ3v) is 3.30. The van der Waals surface area contributed by atoms with E-state index in [1.807, 2.05) is 36.4 Å². The van der Waals surface area contributed by atoms with Gasteiger partial charge in [-0.3, -0.25) is 9.59 Å². The summed E-state index contributed by atoms with van der Waals surface area (Å²) in [6.07, 6.45) is 0.135. The molecule has 0 spiro atoms. The van der Waals surface area contributed by atoms with Crippen LogP contribution in [0.5, 0.6) is 0 Å². The lowest BCUT2D eigenvalue weighted by molar-refractivity contribution is -0.120. The predicted molar refractivity (Wildman–Crippen MR) is 86.7 cm³/mol. The number of Topliss-reactive ketones (excluding diaryl/α,β-unsaturated/α-hetero) is 1. The van der Waals surface area contributed by atoms with Gasteiger partial charge >= 0.3 is 0 Å². The van der Waals surface area contributed by atoms with Gasteiger partial charge in [0.1, 0.15) is 6.54 Å². The van der Waals surface area contributed by atoms with E-state index in [-0.39, 0.29) is 18.7 Å². The van der Waals surface area contributed by atoms with Gasteiger partial charge in [-0.1, -0.05) is 65.8 Å². The van der Waals surface area contributed by atoms with Gasteiger partial charge in [0, 0.05) is 16.9 Å². The summed E-state index contributed by atoms with van der Waals surface area (Å²) in [5.74, 6) is -0.485. The Hall–Kier alpha value is -3.11. The summed E-state index contributed by atoms with van der Waals surface area (Å²) in [6, 6.07) is 17.7. The fourth-order valence-electron chi connectivity index (χ4n) is 2.20. The van der Waals surface area contributed by atoms with E-state index < -0.39 is 11.9 Å². The van der Waals surface area contributed by atoms with Crippen molar-refractivity contribution in [2.45, 2.75) is 12.5 Å². The van der Waals surface area contributed by atoms with Crippen molar-refractivity contribution < 1.29 is 9.59 Å². The maximum Gasteiger partial charge on any atom is 0.226 e. The van der Waals surface area contributed by atoms with Gasteiger partial charge in [0.25, 0.3) is 0 Å². The number of hydrogen-bond acceptors (Lipinski definition) is 3. The Labute approximate surface area is 133 Å². The number of rotatable bonds is 7. The first-order valence-electron chi connectivity index (χ1n) is 7.14. The highest BCUT2D eigenvalue weighted by atomic mass is 16.2. The average molecular weight is 308 g/mol. The van der Waals surface area contributed by atoms with E-state index in [2.05, 4.69) is 15.3 Å². The van der Waals surface area contributed by atoms with Gasteiger partial charge in [-0.05, 0) is 11.1 Å². The molecule has 1 amide bonds. The molecule has 23 heavy (non-hydrogen) atoms. The van der Waals surface area contributed by atoms with Gasteiger partial charge in [-0.2, -0.15) is 0 Å². The first-order valence-corrected chi connectivity index (χ1v) is 7.14. The zero-order valence-corrected chi connectivity index (χ0v) is 12.4. The quantitative estimate of drug-likeness (QED) is 0.367. The summed E-state index contributed by atoms with van der Waals surface area (Å²) in [5, 5.41) is 5.98. The van der Waals surface area contributed by atoms with Crippen LogP contribution in [0.2, 0.25) is 0 Å². The van der Waals surface area contributed by atoms with Crippen molar-refractivity contribution in [3.8, 4) is 0 Å². The molecule has 0 aliphatic carbocycles. The molecule has 2 rings (SSSR count). The molecule has 0 fully saturated rings. The van der Waals surface area contributed by atoms with Crippen LogP contribution < -0.4 is 5.32 Å². The highest BCUT2D eigenvalue weighted by molar-refractivity contribution is 5.96. The fraction of sp³-hybridized carbons (Fsp3) is 0.176. The molecule has 0 saturated carbocycles. The second kappa shape index (κ2) is 8.36. The molecule has 2 aromatic carbocycles. The zero-order chi connectivity index (χ0) is 16.5. The van der Waals surface area contributed by atoms with Crippen molar-refractivity contribution in [2.24, 2.45) is 5.11 Å². The molecule has 0 heterocycles. The van der Waals surface area contributed by atoms with Crippen LogP contribution in [0.15, 0.2) is 65.8 Å². The van der Waals surface area contributed by atoms with E-state index in [4.69, 9.17) is 5.53 Å². The van der Waals surface area contributed by atoms with Gasteiger partial charge in [-0.15, -0.1) is 0 Å². The molecule has 0 aliphatic rings. The summed E-state index contributed by atoms with van der Waals surface area (Å²) in [6.45, 7) is -0.292. The van der Waals surface area contributed by atoms with Gasteiger partial charge in [0.15, 0.2) is 5.78 Å². The summed E-state index contributed by atoms with van der Waals surface area (Å²) in [5.41, 5.74) is 9.70. The van der Waals surface area contributed by atoms with Crippen LogP contribution >= 0.6 is 0 Å². The fourth-order valence-corrected chi connectivity index (χ4v) is 2.20. The lowest BCUT2D eigenvalue weighted by atomic mass is 9.98. The molecule has 0 aromatic heterocycles. The predicted octanol–water partition coefficient (Wildman–Crippen LogP) is 3.43. The molecule has 0 radical (unpaired) electrons. The Bertz CT molecular complexity index is 710. The molecule has 1 atom stereocenters. The number of hydrogen-bond donors (Lipinski definition) is 1. The van der Waals surface area contributed by atoms with Crippen LogP contribution in [0.4, 0.5) is 0 Å². The molecule has 1 N–H and O–H groups in total. The number of carbonyl (C=O) groups is 2. The second-order valence-corrected chi connectivity index (χ2v) is 4.91. The van der Waals surface area contributed by atoms with Crippen molar-refractivity contribution in [3.63, 3.8) is 0 Å². The lowest BCUT2D eigenvalue weighted by Gasteiger charge is -2.18. The maximum absolute atomic E-state index is 12.4. The first-order chi connectivity index (χ1) is 11.2. The minimum absolute atomic E-state index is 0.0662. The highest BCUT2D eigenvalue weighted by Gasteiger charge is 2.18. The van der Waals surface area contributed by atoms with Crippen molar-refractivity contribution >= 4 is 11.7 Å². The number of nitrogens with zero attached hydrogens (tertiary/aromatic N) is 3. The Kier molecular flexibility index (Phi) is 5.91. The normalized spacial score (nSPS) is 11.1. The summed E-state index contributed by atoms with van der Waals surface area (Å²) in [7, 11) is 0. The lowest BCUT2D eigenvalue weighted by Crippen LogP contribution is -2.31. The van der Waals surface area contributed by atoms with Crippen LogP contribution in [-0.4, -0.2) is 18.2 Å². The largest absolute Gasteiger partial charge is 0.349 e. The van der Waals surface area contributed by atoms with E-state index in [1.54, 1.807) is 24.3 Å². The van der Waals surface area contributed by atoms with Gasteiger partial charge in [-0.25, -0.2) is 0 Å². The number of carbonyl (C=O) groups excluding carboxylic acids is 2. The zero-order valence-electron chi connectivity index (χ0n) is 12.4. The standard InChI is InChI=1S/C17H16N4O2/c18-21-19-12-17(23)20-15(13-7-3-1-4-8-13)11-16(22)14-9-5-2-6-10-14/h1-10,15H,11-12H2,(H,20,23)/t15-/m1/s1. The first kappa shape index (κ1) is 16.3. The topological polar surface area (TPSA) is 94.9 Å². The molecule has 6 heteroatoms. The number of azide groups is 1. The van der Waals surface area contributed by atoms with Crippen molar-refractivity contribution in [1.29, 1.82) is 0 Å². The second-order valence-electron chi connectivity index (χ2n) is 4.91. The number of nitrogens with one attached hydrogen (secondary N) is 1. The van der Waals surface area contributed by atoms with Crippen LogP contribution in [0.25, 0.3) is 10.4 Å². The van der Waals surface area contributed by atoms with Crippen LogP contribution in [0, 0.1) is 0 Å². The summed E-state index contributed by atoms with van der Waals surface area (Å²) >= 11 is 0. The summed E-state index contributed by atoms with van der Waals surface area (Å²) in [4.78, 5) is 26.8. The molecule has 116 valence electrons. The molecule has 0 saturated heterocycles. The van der Waals surface area contributed by atoms with Gasteiger partial charge in [0.05, 0.1) is 6.04 Å². The average Bonchev–Trinajstić information content (AvgIpc) is 2.61. The molecule has 6 nitrogen and oxygen atoms in total. The van der Waals surface area contributed by atoms with Crippen LogP contribution in [0.3, 0.4) is 0 Å². The third-order valence-electron chi connectivity index (χ3n) is 3.30. The van der Waals surface area contributed by atoms with Gasteiger partial charge in [0.2, 0.25) is 5.91 Å². The Morgan fingerprint density at radius 2 is 1.65 bits per heavy atom. The minimum Gasteiger partial charge on any atom is -0.349 e.